The maximum Gasteiger partial charge on any atom is 0.368 e. The van der Waals surface area contributed by atoms with Gasteiger partial charge in [0.2, 0.25) is 5.88 Å². The first-order chi connectivity index (χ1) is 14.1. The van der Waals surface area contributed by atoms with E-state index >= 15 is 0 Å². The maximum absolute atomic E-state index is 12.2. The van der Waals surface area contributed by atoms with Crippen LogP contribution in [0.5, 0.6) is 5.88 Å². The van der Waals surface area contributed by atoms with Crippen molar-refractivity contribution in [2.75, 3.05) is 0 Å². The van der Waals surface area contributed by atoms with Crippen LogP contribution in [0.2, 0.25) is 0 Å². The first-order valence-electron chi connectivity index (χ1n) is 8.69. The van der Waals surface area contributed by atoms with Crippen LogP contribution in [-0.4, -0.2) is 34.6 Å². The smallest absolute Gasteiger partial charge is 0.368 e. The Kier molecular flexibility index (Phi) is 4.62. The molecule has 0 N–H and O–H groups in total. The zero-order valence-electron chi connectivity index (χ0n) is 15.7. The van der Waals surface area contributed by atoms with Crippen LogP contribution < -0.4 is 10.4 Å². The summed E-state index contributed by atoms with van der Waals surface area (Å²) in [4.78, 5) is 16.4. The number of nitrogens with zero attached hydrogens (tertiary/aromatic N) is 8. The van der Waals surface area contributed by atoms with Gasteiger partial charge in [-0.3, -0.25) is 0 Å². The fourth-order valence-corrected chi connectivity index (χ4v) is 2.78. The molecule has 29 heavy (non-hydrogen) atoms. The summed E-state index contributed by atoms with van der Waals surface area (Å²) < 4.78 is 9.81. The van der Waals surface area contributed by atoms with Gasteiger partial charge in [-0.2, -0.15) is 14.6 Å². The number of nitriles is 1. The second kappa shape index (κ2) is 7.40. The highest BCUT2D eigenvalue weighted by Gasteiger charge is 2.14. The number of tetrazole rings is 1. The van der Waals surface area contributed by atoms with Gasteiger partial charge in [0, 0.05) is 31.1 Å². The third kappa shape index (κ3) is 3.49. The molecule has 10 heteroatoms. The molecule has 144 valence electrons. The standard InChI is InChI=1S/C19H16N8O2/c1-13-4-3-5-16(27-19(28)25(2)23-24-27)15(13)12-29-18-8-9-26(22-18)17-7-6-14(10-20)11-21-17/h3-9,11H,12H2,1-2H3. The number of ether oxygens (including phenoxy) is 1. The lowest BCUT2D eigenvalue weighted by Crippen LogP contribution is -2.23. The highest BCUT2D eigenvalue weighted by molar-refractivity contribution is 5.44. The highest BCUT2D eigenvalue weighted by Crippen LogP contribution is 2.19. The molecule has 0 radical (unpaired) electrons. The Labute approximate surface area is 165 Å². The number of rotatable bonds is 5. The van der Waals surface area contributed by atoms with E-state index in [1.165, 1.54) is 15.6 Å². The summed E-state index contributed by atoms with van der Waals surface area (Å²) in [5.74, 6) is 0.971. The second-order valence-corrected chi connectivity index (χ2v) is 6.27. The van der Waals surface area contributed by atoms with Crippen molar-refractivity contribution in [3.8, 4) is 23.5 Å². The molecule has 3 heterocycles. The van der Waals surface area contributed by atoms with Crippen molar-refractivity contribution in [3.05, 3.63) is 76.0 Å². The van der Waals surface area contributed by atoms with Gasteiger partial charge in [0.15, 0.2) is 5.82 Å². The molecular formula is C19H16N8O2. The summed E-state index contributed by atoms with van der Waals surface area (Å²) >= 11 is 0. The Morgan fingerprint density at radius 1 is 1.17 bits per heavy atom. The Bertz CT molecular complexity index is 1260. The Morgan fingerprint density at radius 2 is 2.03 bits per heavy atom. The molecule has 4 aromatic rings. The first kappa shape index (κ1) is 18.1. The van der Waals surface area contributed by atoms with Crippen molar-refractivity contribution in [1.29, 1.82) is 5.26 Å². The maximum atomic E-state index is 12.2. The molecule has 0 saturated heterocycles. The fraction of sp³-hybridized carbons (Fsp3) is 0.158. The van der Waals surface area contributed by atoms with E-state index in [0.29, 0.717) is 22.9 Å². The number of benzene rings is 1. The molecule has 0 aliphatic carbocycles. The van der Waals surface area contributed by atoms with Gasteiger partial charge in [-0.05, 0) is 41.1 Å². The lowest BCUT2D eigenvalue weighted by atomic mass is 10.1. The summed E-state index contributed by atoms with van der Waals surface area (Å²) in [6.45, 7) is 2.13. The number of pyridine rings is 1. The molecular weight excluding hydrogens is 372 g/mol. The van der Waals surface area contributed by atoms with E-state index in [1.54, 1.807) is 42.2 Å². The summed E-state index contributed by atoms with van der Waals surface area (Å²) in [5, 5.41) is 20.9. The van der Waals surface area contributed by atoms with E-state index in [9.17, 15) is 4.79 Å². The van der Waals surface area contributed by atoms with Gasteiger partial charge in [-0.25, -0.2) is 14.5 Å². The van der Waals surface area contributed by atoms with Crippen molar-refractivity contribution in [2.24, 2.45) is 7.05 Å². The summed E-state index contributed by atoms with van der Waals surface area (Å²) in [7, 11) is 1.54. The molecule has 0 amide bonds. The fourth-order valence-electron chi connectivity index (χ4n) is 2.78. The summed E-state index contributed by atoms with van der Waals surface area (Å²) in [5.41, 5.74) is 2.50. The number of hydrogen-bond acceptors (Lipinski definition) is 7. The van der Waals surface area contributed by atoms with Crippen molar-refractivity contribution in [3.63, 3.8) is 0 Å². The zero-order chi connectivity index (χ0) is 20.4. The quantitative estimate of drug-likeness (QED) is 0.506. The van der Waals surface area contributed by atoms with E-state index in [4.69, 9.17) is 10.00 Å². The van der Waals surface area contributed by atoms with E-state index in [1.807, 2.05) is 25.1 Å². The molecule has 0 aliphatic heterocycles. The Balaban J connectivity index is 1.57. The molecule has 10 nitrogen and oxygen atoms in total. The molecule has 1 aromatic carbocycles. The number of aromatic nitrogens is 7. The van der Waals surface area contributed by atoms with Crippen molar-refractivity contribution >= 4 is 0 Å². The van der Waals surface area contributed by atoms with Crippen molar-refractivity contribution in [1.82, 2.24) is 34.6 Å². The largest absolute Gasteiger partial charge is 0.472 e. The molecule has 0 aliphatic rings. The lowest BCUT2D eigenvalue weighted by Gasteiger charge is -2.11. The number of hydrogen-bond donors (Lipinski definition) is 0. The van der Waals surface area contributed by atoms with Crippen LogP contribution in [0, 0.1) is 18.3 Å². The van der Waals surface area contributed by atoms with Crippen molar-refractivity contribution in [2.45, 2.75) is 13.5 Å². The van der Waals surface area contributed by atoms with E-state index in [2.05, 4.69) is 20.5 Å². The van der Waals surface area contributed by atoms with Crippen LogP contribution in [0.3, 0.4) is 0 Å². The van der Waals surface area contributed by atoms with E-state index < -0.39 is 0 Å². The second-order valence-electron chi connectivity index (χ2n) is 6.27. The minimum atomic E-state index is -0.340. The van der Waals surface area contributed by atoms with Crippen LogP contribution in [0.1, 0.15) is 16.7 Å². The van der Waals surface area contributed by atoms with Gasteiger partial charge in [-0.15, -0.1) is 5.10 Å². The molecule has 0 atom stereocenters. The Morgan fingerprint density at radius 3 is 2.72 bits per heavy atom. The van der Waals surface area contributed by atoms with Gasteiger partial charge >= 0.3 is 5.69 Å². The Hall–Kier alpha value is -4.26. The monoisotopic (exact) mass is 388 g/mol. The topological polar surface area (TPSA) is 116 Å². The van der Waals surface area contributed by atoms with Crippen molar-refractivity contribution < 1.29 is 4.74 Å². The minimum absolute atomic E-state index is 0.197. The normalized spacial score (nSPS) is 10.7. The van der Waals surface area contributed by atoms with Gasteiger partial charge in [0.05, 0.1) is 11.3 Å². The average molecular weight is 388 g/mol. The van der Waals surface area contributed by atoms with Crippen LogP contribution >= 0.6 is 0 Å². The number of aryl methyl sites for hydroxylation is 2. The van der Waals surface area contributed by atoms with Gasteiger partial charge in [0.1, 0.15) is 12.7 Å². The molecule has 0 saturated carbocycles. The first-order valence-corrected chi connectivity index (χ1v) is 8.69. The summed E-state index contributed by atoms with van der Waals surface area (Å²) in [6.07, 6.45) is 3.20. The van der Waals surface area contributed by atoms with E-state index in [0.717, 1.165) is 11.1 Å². The summed E-state index contributed by atoms with van der Waals surface area (Å²) in [6, 6.07) is 12.7. The third-order valence-electron chi connectivity index (χ3n) is 4.38. The zero-order valence-corrected chi connectivity index (χ0v) is 15.7. The molecule has 0 bridgehead atoms. The van der Waals surface area contributed by atoms with Crippen LogP contribution in [-0.2, 0) is 13.7 Å². The van der Waals surface area contributed by atoms with Gasteiger partial charge < -0.3 is 4.74 Å². The highest BCUT2D eigenvalue weighted by atomic mass is 16.5. The van der Waals surface area contributed by atoms with Gasteiger partial charge in [0.25, 0.3) is 0 Å². The predicted octanol–water partition coefficient (Wildman–Crippen LogP) is 1.31. The van der Waals surface area contributed by atoms with Crippen LogP contribution in [0.25, 0.3) is 11.5 Å². The van der Waals surface area contributed by atoms with E-state index in [-0.39, 0.29) is 12.3 Å². The average Bonchev–Trinajstić information content (AvgIpc) is 3.34. The van der Waals surface area contributed by atoms with Gasteiger partial charge in [-0.1, -0.05) is 12.1 Å². The van der Waals surface area contributed by atoms with Crippen LogP contribution in [0.4, 0.5) is 0 Å². The molecule has 4 rings (SSSR count). The molecule has 0 unspecified atom stereocenters. The third-order valence-corrected chi connectivity index (χ3v) is 4.38. The van der Waals surface area contributed by atoms with Crippen LogP contribution in [0.15, 0.2) is 53.6 Å². The molecule has 3 aromatic heterocycles. The SMILES string of the molecule is Cc1cccc(-n2nnn(C)c2=O)c1COc1ccn(-c2ccc(C#N)cn2)n1. The molecule has 0 fully saturated rings. The molecule has 0 spiro atoms. The lowest BCUT2D eigenvalue weighted by molar-refractivity contribution is 0.290. The minimum Gasteiger partial charge on any atom is -0.472 e. The predicted molar refractivity (Wildman–Crippen MR) is 102 cm³/mol.